The number of hydrogen-bond donors (Lipinski definition) is 0. The maximum atomic E-state index is 5.27. The van der Waals surface area contributed by atoms with E-state index in [4.69, 9.17) is 19.9 Å². The van der Waals surface area contributed by atoms with Gasteiger partial charge >= 0.3 is 0 Å². The van der Waals surface area contributed by atoms with Crippen LogP contribution >= 0.6 is 0 Å². The molecule has 0 bridgehead atoms. The SMILES string of the molecule is c1ccc(-c2ccc3c(c2)n2c4cc(-c5ccc(-c6nc(-c7ccccc7)nc(-c7ccccc7)n6)cc5-c5ccccc5)ccc4nc2n3-c2ccccc2)cc1. The summed E-state index contributed by atoms with van der Waals surface area (Å²) in [6, 6.07) is 71.7. The third kappa shape index (κ3) is 5.83. The molecule has 0 atom stereocenters. The molecule has 0 N–H and O–H groups in total. The highest BCUT2D eigenvalue weighted by Crippen LogP contribution is 2.39. The van der Waals surface area contributed by atoms with Crippen LogP contribution in [0.4, 0.5) is 0 Å². The molecule has 6 heteroatoms. The van der Waals surface area contributed by atoms with Crippen LogP contribution in [0.1, 0.15) is 0 Å². The molecule has 6 nitrogen and oxygen atoms in total. The van der Waals surface area contributed by atoms with Crippen LogP contribution in [-0.4, -0.2) is 28.9 Å². The van der Waals surface area contributed by atoms with Crippen molar-refractivity contribution in [3.05, 3.63) is 206 Å². The fraction of sp³-hybridized carbons (Fsp3) is 0. The summed E-state index contributed by atoms with van der Waals surface area (Å²) >= 11 is 0. The van der Waals surface area contributed by atoms with E-state index in [1.54, 1.807) is 0 Å². The van der Waals surface area contributed by atoms with Gasteiger partial charge in [0.2, 0.25) is 5.78 Å². The van der Waals surface area contributed by atoms with E-state index in [2.05, 4.69) is 155 Å². The van der Waals surface area contributed by atoms with Gasteiger partial charge < -0.3 is 0 Å². The minimum atomic E-state index is 0.618. The van der Waals surface area contributed by atoms with E-state index in [1.807, 2.05) is 60.7 Å². The fourth-order valence-electron chi connectivity index (χ4n) is 7.99. The summed E-state index contributed by atoms with van der Waals surface area (Å²) in [7, 11) is 0. The molecule has 0 radical (unpaired) electrons. The number of aromatic nitrogens is 6. The first-order valence-electron chi connectivity index (χ1n) is 19.4. The molecule has 11 aromatic rings. The largest absolute Gasteiger partial charge is 0.278 e. The number of benzene rings is 8. The Hall–Kier alpha value is -7.96. The lowest BCUT2D eigenvalue weighted by molar-refractivity contribution is 1.07. The van der Waals surface area contributed by atoms with Crippen molar-refractivity contribution in [2.45, 2.75) is 0 Å². The molecule has 3 heterocycles. The average molecular weight is 743 g/mol. The minimum Gasteiger partial charge on any atom is -0.278 e. The standard InChI is InChI=1S/C52H34N6/c1-6-16-35(17-7-1)39-28-31-46-48(33-39)58-47-34-40(27-30-45(47)53-52(58)57(46)42-24-14-5-15-25-42)43-29-26-41(32-44(43)36-18-8-2-9-19-36)51-55-49(37-20-10-3-11-21-37)54-50(56-51)38-22-12-4-13-23-38/h1-34H. The van der Waals surface area contributed by atoms with Crippen molar-refractivity contribution in [3.63, 3.8) is 0 Å². The summed E-state index contributed by atoms with van der Waals surface area (Å²) in [5.41, 5.74) is 14.7. The smallest absolute Gasteiger partial charge is 0.220 e. The van der Waals surface area contributed by atoms with E-state index < -0.39 is 0 Å². The fourth-order valence-corrected chi connectivity index (χ4v) is 7.99. The second kappa shape index (κ2) is 14.0. The van der Waals surface area contributed by atoms with Crippen molar-refractivity contribution in [2.24, 2.45) is 0 Å². The molecule has 58 heavy (non-hydrogen) atoms. The van der Waals surface area contributed by atoms with Crippen molar-refractivity contribution in [1.82, 2.24) is 28.9 Å². The van der Waals surface area contributed by atoms with Crippen molar-refractivity contribution in [3.8, 4) is 73.2 Å². The Labute approximate surface area is 335 Å². The third-order valence-corrected chi connectivity index (χ3v) is 10.8. The number of fused-ring (bicyclic) bond motifs is 5. The van der Waals surface area contributed by atoms with Gasteiger partial charge in [-0.3, -0.25) is 8.97 Å². The lowest BCUT2D eigenvalue weighted by Crippen LogP contribution is -2.00. The molecule has 0 aliphatic rings. The molecule has 0 unspecified atom stereocenters. The molecular weight excluding hydrogens is 709 g/mol. The molecule has 0 saturated carbocycles. The molecule has 0 amide bonds. The zero-order chi connectivity index (χ0) is 38.4. The van der Waals surface area contributed by atoms with E-state index >= 15 is 0 Å². The Kier molecular flexibility index (Phi) is 8.04. The molecule has 8 aromatic carbocycles. The summed E-state index contributed by atoms with van der Waals surface area (Å²) in [5, 5.41) is 0. The zero-order valence-corrected chi connectivity index (χ0v) is 31.3. The van der Waals surface area contributed by atoms with Crippen molar-refractivity contribution in [2.75, 3.05) is 0 Å². The molecule has 0 aliphatic carbocycles. The average Bonchev–Trinajstić information content (AvgIpc) is 3.84. The Morgan fingerprint density at radius 2 is 0.793 bits per heavy atom. The van der Waals surface area contributed by atoms with Gasteiger partial charge in [0.15, 0.2) is 17.5 Å². The first-order valence-corrected chi connectivity index (χ1v) is 19.4. The van der Waals surface area contributed by atoms with Crippen molar-refractivity contribution < 1.29 is 0 Å². The summed E-state index contributed by atoms with van der Waals surface area (Å²) in [5.74, 6) is 2.76. The van der Waals surface area contributed by atoms with Crippen LogP contribution in [0, 0.1) is 0 Å². The maximum Gasteiger partial charge on any atom is 0.220 e. The number of para-hydroxylation sites is 1. The van der Waals surface area contributed by atoms with Crippen LogP contribution in [0.5, 0.6) is 0 Å². The minimum absolute atomic E-state index is 0.618. The Bertz CT molecular complexity index is 3190. The second-order valence-corrected chi connectivity index (χ2v) is 14.4. The molecular formula is C52H34N6. The molecule has 0 aliphatic heterocycles. The quantitative estimate of drug-likeness (QED) is 0.163. The van der Waals surface area contributed by atoms with Gasteiger partial charge in [-0.1, -0.05) is 164 Å². The number of imidazole rings is 2. The van der Waals surface area contributed by atoms with Crippen LogP contribution in [0.3, 0.4) is 0 Å². The van der Waals surface area contributed by atoms with E-state index in [-0.39, 0.29) is 0 Å². The van der Waals surface area contributed by atoms with Gasteiger partial charge in [0, 0.05) is 22.4 Å². The van der Waals surface area contributed by atoms with Crippen LogP contribution in [0.15, 0.2) is 206 Å². The zero-order valence-electron chi connectivity index (χ0n) is 31.3. The number of nitrogens with zero attached hydrogens (tertiary/aromatic N) is 6. The van der Waals surface area contributed by atoms with Gasteiger partial charge in [0.25, 0.3) is 0 Å². The first-order chi connectivity index (χ1) is 28.7. The molecule has 0 fully saturated rings. The van der Waals surface area contributed by atoms with Crippen LogP contribution in [0.2, 0.25) is 0 Å². The van der Waals surface area contributed by atoms with Gasteiger partial charge in [-0.25, -0.2) is 19.9 Å². The van der Waals surface area contributed by atoms with Gasteiger partial charge in [0.05, 0.1) is 22.1 Å². The first kappa shape index (κ1) is 33.4. The Morgan fingerprint density at radius 1 is 0.293 bits per heavy atom. The topological polar surface area (TPSA) is 60.9 Å². The highest BCUT2D eigenvalue weighted by atomic mass is 15.2. The third-order valence-electron chi connectivity index (χ3n) is 10.8. The lowest BCUT2D eigenvalue weighted by Gasteiger charge is -2.14. The van der Waals surface area contributed by atoms with E-state index in [0.29, 0.717) is 17.5 Å². The lowest BCUT2D eigenvalue weighted by atomic mass is 9.92. The van der Waals surface area contributed by atoms with Crippen LogP contribution in [0.25, 0.3) is 101 Å². The normalized spacial score (nSPS) is 11.4. The monoisotopic (exact) mass is 742 g/mol. The highest BCUT2D eigenvalue weighted by Gasteiger charge is 2.20. The number of rotatable bonds is 7. The molecule has 272 valence electrons. The maximum absolute atomic E-state index is 5.27. The molecule has 11 rings (SSSR count). The summed E-state index contributed by atoms with van der Waals surface area (Å²) < 4.78 is 4.57. The van der Waals surface area contributed by atoms with Gasteiger partial charge in [-0.15, -0.1) is 0 Å². The van der Waals surface area contributed by atoms with Crippen molar-refractivity contribution in [1.29, 1.82) is 0 Å². The van der Waals surface area contributed by atoms with Gasteiger partial charge in [-0.2, -0.15) is 0 Å². The Morgan fingerprint density at radius 3 is 1.41 bits per heavy atom. The van der Waals surface area contributed by atoms with Gasteiger partial charge in [-0.05, 0) is 75.8 Å². The molecule has 3 aromatic heterocycles. The van der Waals surface area contributed by atoms with E-state index in [9.17, 15) is 0 Å². The summed E-state index contributed by atoms with van der Waals surface area (Å²) in [4.78, 5) is 20.3. The summed E-state index contributed by atoms with van der Waals surface area (Å²) in [6.45, 7) is 0. The van der Waals surface area contributed by atoms with Gasteiger partial charge in [0.1, 0.15) is 0 Å². The predicted octanol–water partition coefficient (Wildman–Crippen LogP) is 12.6. The van der Waals surface area contributed by atoms with E-state index in [1.165, 1.54) is 5.56 Å². The molecule has 0 spiro atoms. The highest BCUT2D eigenvalue weighted by molar-refractivity contribution is 5.97. The molecule has 0 saturated heterocycles. The van der Waals surface area contributed by atoms with E-state index in [0.717, 1.165) is 78.0 Å². The summed E-state index contributed by atoms with van der Waals surface area (Å²) in [6.07, 6.45) is 0. The van der Waals surface area contributed by atoms with Crippen LogP contribution in [-0.2, 0) is 0 Å². The number of hydrogen-bond acceptors (Lipinski definition) is 4. The second-order valence-electron chi connectivity index (χ2n) is 14.4. The van der Waals surface area contributed by atoms with Crippen LogP contribution < -0.4 is 0 Å². The predicted molar refractivity (Wildman–Crippen MR) is 236 cm³/mol. The van der Waals surface area contributed by atoms with Crippen molar-refractivity contribution >= 4 is 27.8 Å². The Balaban J connectivity index is 1.11.